The summed E-state index contributed by atoms with van der Waals surface area (Å²) >= 11 is 0. The van der Waals surface area contributed by atoms with Gasteiger partial charge in [-0.2, -0.15) is 0 Å². The van der Waals surface area contributed by atoms with Crippen LogP contribution in [0.15, 0.2) is 42.5 Å². The standard InChI is InChI=1S/C20H26N2O/c1-6-15(3)17-8-7-9-18(16-12-10-14(2)11-13-16)19(17)21-20(23)22(4)5/h7-13,15H,6H2,1-5H3,(H,21,23). The Morgan fingerprint density at radius 1 is 1.13 bits per heavy atom. The largest absolute Gasteiger partial charge is 0.331 e. The Morgan fingerprint density at radius 2 is 1.78 bits per heavy atom. The quantitative estimate of drug-likeness (QED) is 0.820. The van der Waals surface area contributed by atoms with Gasteiger partial charge in [-0.3, -0.25) is 0 Å². The van der Waals surface area contributed by atoms with Crippen molar-refractivity contribution in [1.82, 2.24) is 4.90 Å². The summed E-state index contributed by atoms with van der Waals surface area (Å²) in [5.41, 5.74) is 5.52. The lowest BCUT2D eigenvalue weighted by Crippen LogP contribution is -2.28. The zero-order valence-electron chi connectivity index (χ0n) is 14.7. The molecular formula is C20H26N2O. The summed E-state index contributed by atoms with van der Waals surface area (Å²) < 4.78 is 0. The number of nitrogens with one attached hydrogen (secondary N) is 1. The number of nitrogens with zero attached hydrogens (tertiary/aromatic N) is 1. The molecule has 2 rings (SSSR count). The third-order valence-electron chi connectivity index (χ3n) is 4.24. The first-order valence-electron chi connectivity index (χ1n) is 8.12. The van der Waals surface area contributed by atoms with Crippen molar-refractivity contribution in [3.05, 3.63) is 53.6 Å². The Bertz CT molecular complexity index is 675. The van der Waals surface area contributed by atoms with E-state index in [1.165, 1.54) is 11.1 Å². The van der Waals surface area contributed by atoms with Gasteiger partial charge in [0.1, 0.15) is 0 Å². The van der Waals surface area contributed by atoms with Crippen LogP contribution in [-0.2, 0) is 0 Å². The monoisotopic (exact) mass is 310 g/mol. The smallest absolute Gasteiger partial charge is 0.321 e. The van der Waals surface area contributed by atoms with Gasteiger partial charge >= 0.3 is 6.03 Å². The number of rotatable bonds is 4. The van der Waals surface area contributed by atoms with Crippen LogP contribution >= 0.6 is 0 Å². The van der Waals surface area contributed by atoms with Crippen LogP contribution in [0, 0.1) is 6.92 Å². The molecule has 0 aliphatic carbocycles. The number of benzene rings is 2. The molecule has 23 heavy (non-hydrogen) atoms. The second kappa shape index (κ2) is 7.32. The fraction of sp³-hybridized carbons (Fsp3) is 0.350. The van der Waals surface area contributed by atoms with Crippen molar-refractivity contribution in [3.8, 4) is 11.1 Å². The van der Waals surface area contributed by atoms with Gasteiger partial charge in [0, 0.05) is 19.7 Å². The third-order valence-corrected chi connectivity index (χ3v) is 4.24. The highest BCUT2D eigenvalue weighted by molar-refractivity contribution is 5.95. The number of hydrogen-bond acceptors (Lipinski definition) is 1. The Balaban J connectivity index is 2.56. The molecule has 2 amide bonds. The molecule has 122 valence electrons. The maximum Gasteiger partial charge on any atom is 0.321 e. The fourth-order valence-corrected chi connectivity index (χ4v) is 2.53. The van der Waals surface area contributed by atoms with E-state index in [1.54, 1.807) is 19.0 Å². The van der Waals surface area contributed by atoms with E-state index in [1.807, 2.05) is 0 Å². The van der Waals surface area contributed by atoms with E-state index in [-0.39, 0.29) is 6.03 Å². The van der Waals surface area contributed by atoms with Gasteiger partial charge in [-0.25, -0.2) is 4.79 Å². The molecule has 1 atom stereocenters. The van der Waals surface area contributed by atoms with Crippen molar-refractivity contribution in [3.63, 3.8) is 0 Å². The molecule has 2 aromatic rings. The highest BCUT2D eigenvalue weighted by Crippen LogP contribution is 2.36. The van der Waals surface area contributed by atoms with Crippen LogP contribution in [-0.4, -0.2) is 25.0 Å². The van der Waals surface area contributed by atoms with Crippen molar-refractivity contribution < 1.29 is 4.79 Å². The molecule has 3 nitrogen and oxygen atoms in total. The molecule has 1 N–H and O–H groups in total. The first-order valence-corrected chi connectivity index (χ1v) is 8.12. The summed E-state index contributed by atoms with van der Waals surface area (Å²) in [5.74, 6) is 0.387. The summed E-state index contributed by atoms with van der Waals surface area (Å²) in [7, 11) is 3.51. The number of para-hydroxylation sites is 1. The maximum atomic E-state index is 12.2. The van der Waals surface area contributed by atoms with Crippen LogP contribution in [0.5, 0.6) is 0 Å². The number of anilines is 1. The van der Waals surface area contributed by atoms with Gasteiger partial charge in [0.15, 0.2) is 0 Å². The van der Waals surface area contributed by atoms with Crippen molar-refractivity contribution in [2.75, 3.05) is 19.4 Å². The second-order valence-electron chi connectivity index (χ2n) is 6.27. The number of amides is 2. The fourth-order valence-electron chi connectivity index (χ4n) is 2.53. The van der Waals surface area contributed by atoms with Gasteiger partial charge in [-0.1, -0.05) is 61.9 Å². The molecule has 0 aliphatic rings. The van der Waals surface area contributed by atoms with E-state index in [0.29, 0.717) is 5.92 Å². The topological polar surface area (TPSA) is 32.3 Å². The third kappa shape index (κ3) is 3.92. The van der Waals surface area contributed by atoms with Gasteiger partial charge in [-0.15, -0.1) is 0 Å². The molecule has 0 spiro atoms. The van der Waals surface area contributed by atoms with Crippen molar-refractivity contribution in [2.45, 2.75) is 33.1 Å². The van der Waals surface area contributed by atoms with Crippen LogP contribution in [0.25, 0.3) is 11.1 Å². The molecule has 0 saturated heterocycles. The van der Waals surface area contributed by atoms with Crippen molar-refractivity contribution in [2.24, 2.45) is 0 Å². The molecule has 3 heteroatoms. The van der Waals surface area contributed by atoms with Crippen LogP contribution in [0.2, 0.25) is 0 Å². The lowest BCUT2D eigenvalue weighted by atomic mass is 9.91. The van der Waals surface area contributed by atoms with Crippen molar-refractivity contribution in [1.29, 1.82) is 0 Å². The summed E-state index contributed by atoms with van der Waals surface area (Å²) in [5, 5.41) is 3.09. The Hall–Kier alpha value is -2.29. The summed E-state index contributed by atoms with van der Waals surface area (Å²) in [6.45, 7) is 6.44. The normalized spacial score (nSPS) is 11.9. The molecule has 0 radical (unpaired) electrons. The zero-order chi connectivity index (χ0) is 17.0. The van der Waals surface area contributed by atoms with E-state index < -0.39 is 0 Å². The summed E-state index contributed by atoms with van der Waals surface area (Å²) in [6.07, 6.45) is 1.03. The van der Waals surface area contributed by atoms with Crippen LogP contribution < -0.4 is 5.32 Å². The van der Waals surface area contributed by atoms with Crippen LogP contribution in [0.4, 0.5) is 10.5 Å². The van der Waals surface area contributed by atoms with Crippen LogP contribution in [0.3, 0.4) is 0 Å². The molecule has 2 aromatic carbocycles. The average molecular weight is 310 g/mol. The number of hydrogen-bond donors (Lipinski definition) is 1. The number of carbonyl (C=O) groups excluding carboxylic acids is 1. The van der Waals surface area contributed by atoms with Gasteiger partial charge in [-0.05, 0) is 30.4 Å². The molecule has 1 unspecified atom stereocenters. The van der Waals surface area contributed by atoms with E-state index >= 15 is 0 Å². The SMILES string of the molecule is CCC(C)c1cccc(-c2ccc(C)cc2)c1NC(=O)N(C)C. The van der Waals surface area contributed by atoms with E-state index in [0.717, 1.165) is 23.2 Å². The maximum absolute atomic E-state index is 12.2. The predicted octanol–water partition coefficient (Wildman–Crippen LogP) is 5.27. The van der Waals surface area contributed by atoms with Gasteiger partial charge in [0.05, 0.1) is 5.69 Å². The van der Waals surface area contributed by atoms with Crippen molar-refractivity contribution >= 4 is 11.7 Å². The van der Waals surface area contributed by atoms with Gasteiger partial charge < -0.3 is 10.2 Å². The molecule has 0 aromatic heterocycles. The van der Waals surface area contributed by atoms with Gasteiger partial charge in [0.2, 0.25) is 0 Å². The molecule has 0 bridgehead atoms. The zero-order valence-corrected chi connectivity index (χ0v) is 14.7. The van der Waals surface area contributed by atoms with E-state index in [2.05, 4.69) is 68.6 Å². The first kappa shape index (κ1) is 17.1. The van der Waals surface area contributed by atoms with Gasteiger partial charge in [0.25, 0.3) is 0 Å². The summed E-state index contributed by atoms with van der Waals surface area (Å²) in [4.78, 5) is 13.8. The minimum atomic E-state index is -0.103. The lowest BCUT2D eigenvalue weighted by Gasteiger charge is -2.21. The minimum absolute atomic E-state index is 0.103. The number of urea groups is 1. The number of carbonyl (C=O) groups is 1. The van der Waals surface area contributed by atoms with E-state index in [4.69, 9.17) is 0 Å². The Morgan fingerprint density at radius 3 is 2.35 bits per heavy atom. The molecule has 0 aliphatic heterocycles. The average Bonchev–Trinajstić information content (AvgIpc) is 2.55. The minimum Gasteiger partial charge on any atom is -0.331 e. The summed E-state index contributed by atoms with van der Waals surface area (Å²) in [6, 6.07) is 14.6. The van der Waals surface area contributed by atoms with Crippen LogP contribution in [0.1, 0.15) is 37.3 Å². The molecule has 0 heterocycles. The molecule has 0 saturated carbocycles. The lowest BCUT2D eigenvalue weighted by molar-refractivity contribution is 0.230. The number of aryl methyl sites for hydroxylation is 1. The van der Waals surface area contributed by atoms with E-state index in [9.17, 15) is 4.79 Å². The Kier molecular flexibility index (Phi) is 5.43. The second-order valence-corrected chi connectivity index (χ2v) is 6.27. The molecule has 0 fully saturated rings. The highest BCUT2D eigenvalue weighted by Gasteiger charge is 2.17. The molecular weight excluding hydrogens is 284 g/mol. The highest BCUT2D eigenvalue weighted by atomic mass is 16.2. The first-order chi connectivity index (χ1) is 10.9. The predicted molar refractivity (Wildman–Crippen MR) is 98.0 cm³/mol. The Labute approximate surface area is 139 Å².